The number of aromatic nitrogens is 1. The van der Waals surface area contributed by atoms with Crippen molar-refractivity contribution in [2.24, 2.45) is 7.05 Å². The van der Waals surface area contributed by atoms with Gasteiger partial charge < -0.3 is 14.4 Å². The van der Waals surface area contributed by atoms with Crippen molar-refractivity contribution >= 4 is 22.5 Å². The van der Waals surface area contributed by atoms with Gasteiger partial charge in [0.2, 0.25) is 0 Å². The van der Waals surface area contributed by atoms with Gasteiger partial charge in [-0.15, -0.1) is 0 Å². The highest BCUT2D eigenvalue weighted by atomic mass is 35.5. The van der Waals surface area contributed by atoms with E-state index in [1.165, 1.54) is 0 Å². The van der Waals surface area contributed by atoms with E-state index in [-0.39, 0.29) is 5.75 Å². The van der Waals surface area contributed by atoms with Crippen LogP contribution in [0.25, 0.3) is 10.9 Å². The third kappa shape index (κ3) is 2.21. The Morgan fingerprint density at radius 3 is 2.70 bits per heavy atom. The summed E-state index contributed by atoms with van der Waals surface area (Å²) >= 11 is 6.22. The molecule has 0 bridgehead atoms. The van der Waals surface area contributed by atoms with Gasteiger partial charge in [0, 0.05) is 12.4 Å². The Morgan fingerprint density at radius 1 is 1.15 bits per heavy atom. The monoisotopic (exact) mass is 287 g/mol. The van der Waals surface area contributed by atoms with Crippen molar-refractivity contribution in [3.8, 4) is 11.5 Å². The molecule has 0 saturated carbocycles. The molecule has 3 aromatic rings. The number of para-hydroxylation sites is 3. The maximum absolute atomic E-state index is 9.69. The van der Waals surface area contributed by atoms with Gasteiger partial charge in [-0.2, -0.15) is 0 Å². The van der Waals surface area contributed by atoms with Crippen molar-refractivity contribution in [3.63, 3.8) is 0 Å². The number of hydrogen-bond donors (Lipinski definition) is 1. The molecule has 1 heterocycles. The first-order chi connectivity index (χ1) is 9.66. The van der Waals surface area contributed by atoms with Gasteiger partial charge in [-0.3, -0.25) is 0 Å². The number of halogens is 1. The molecule has 102 valence electrons. The van der Waals surface area contributed by atoms with Crippen LogP contribution in [0.3, 0.4) is 0 Å². The molecule has 0 radical (unpaired) electrons. The maximum atomic E-state index is 9.69. The molecule has 0 atom stereocenters. The van der Waals surface area contributed by atoms with E-state index >= 15 is 0 Å². The van der Waals surface area contributed by atoms with E-state index < -0.39 is 0 Å². The lowest BCUT2D eigenvalue weighted by atomic mass is 10.2. The standard InChI is InChI=1S/C16H14ClNO2/c1-18-12(9-11-5-4-6-13(17)16(11)18)10-20-15-8-3-2-7-14(15)19/h2-9,19H,10H2,1H3. The van der Waals surface area contributed by atoms with E-state index in [0.717, 1.165) is 21.6 Å². The van der Waals surface area contributed by atoms with Crippen molar-refractivity contribution < 1.29 is 9.84 Å². The summed E-state index contributed by atoms with van der Waals surface area (Å²) in [6, 6.07) is 14.8. The number of nitrogens with zero attached hydrogens (tertiary/aromatic N) is 1. The molecular weight excluding hydrogens is 274 g/mol. The summed E-state index contributed by atoms with van der Waals surface area (Å²) in [5, 5.41) is 11.5. The number of phenols is 1. The number of aryl methyl sites for hydroxylation is 1. The molecule has 3 rings (SSSR count). The Kier molecular flexibility index (Phi) is 3.28. The van der Waals surface area contributed by atoms with E-state index in [4.69, 9.17) is 16.3 Å². The van der Waals surface area contributed by atoms with Gasteiger partial charge in [-0.25, -0.2) is 0 Å². The Balaban J connectivity index is 1.90. The lowest BCUT2D eigenvalue weighted by Crippen LogP contribution is -2.02. The number of hydrogen-bond acceptors (Lipinski definition) is 2. The van der Waals surface area contributed by atoms with Crippen molar-refractivity contribution in [2.45, 2.75) is 6.61 Å². The Labute approximate surface area is 122 Å². The van der Waals surface area contributed by atoms with Gasteiger partial charge in [-0.1, -0.05) is 35.9 Å². The Hall–Kier alpha value is -2.13. The smallest absolute Gasteiger partial charge is 0.161 e. The Morgan fingerprint density at radius 2 is 1.95 bits per heavy atom. The third-order valence-corrected chi connectivity index (χ3v) is 3.65. The number of aromatic hydroxyl groups is 1. The second kappa shape index (κ2) is 5.10. The molecule has 0 saturated heterocycles. The zero-order valence-electron chi connectivity index (χ0n) is 11.0. The lowest BCUT2D eigenvalue weighted by Gasteiger charge is -2.09. The van der Waals surface area contributed by atoms with Crippen LogP contribution in [0.4, 0.5) is 0 Å². The largest absolute Gasteiger partial charge is 0.504 e. The van der Waals surface area contributed by atoms with Crippen LogP contribution in [0.5, 0.6) is 11.5 Å². The molecule has 0 unspecified atom stereocenters. The van der Waals surface area contributed by atoms with Gasteiger partial charge in [0.25, 0.3) is 0 Å². The molecule has 1 N–H and O–H groups in total. The van der Waals surface area contributed by atoms with E-state index in [1.54, 1.807) is 18.2 Å². The second-order valence-corrected chi connectivity index (χ2v) is 5.04. The predicted molar refractivity (Wildman–Crippen MR) is 80.4 cm³/mol. The molecule has 1 aromatic heterocycles. The number of fused-ring (bicyclic) bond motifs is 1. The van der Waals surface area contributed by atoms with Crippen LogP contribution in [-0.2, 0) is 13.7 Å². The molecular formula is C16H14ClNO2. The van der Waals surface area contributed by atoms with Crippen LogP contribution in [-0.4, -0.2) is 9.67 Å². The van der Waals surface area contributed by atoms with E-state index in [9.17, 15) is 5.11 Å². The summed E-state index contributed by atoms with van der Waals surface area (Å²) in [4.78, 5) is 0. The Bertz CT molecular complexity index is 764. The predicted octanol–water partition coefficient (Wildman–Crippen LogP) is 4.12. The van der Waals surface area contributed by atoms with Crippen molar-refractivity contribution in [1.82, 2.24) is 4.57 Å². The summed E-state index contributed by atoms with van der Waals surface area (Å²) in [5.74, 6) is 0.619. The number of benzene rings is 2. The van der Waals surface area contributed by atoms with Crippen molar-refractivity contribution in [1.29, 1.82) is 0 Å². The fraction of sp³-hybridized carbons (Fsp3) is 0.125. The molecule has 0 aliphatic rings. The zero-order valence-corrected chi connectivity index (χ0v) is 11.8. The summed E-state index contributed by atoms with van der Waals surface area (Å²) in [6.45, 7) is 0.374. The maximum Gasteiger partial charge on any atom is 0.161 e. The average Bonchev–Trinajstić information content (AvgIpc) is 2.76. The van der Waals surface area contributed by atoms with E-state index in [0.29, 0.717) is 12.4 Å². The summed E-state index contributed by atoms with van der Waals surface area (Å²) in [6.07, 6.45) is 0. The zero-order chi connectivity index (χ0) is 14.1. The molecule has 0 spiro atoms. The van der Waals surface area contributed by atoms with Crippen molar-refractivity contribution in [3.05, 3.63) is 59.2 Å². The van der Waals surface area contributed by atoms with Gasteiger partial charge >= 0.3 is 0 Å². The van der Waals surface area contributed by atoms with Crippen LogP contribution in [0.1, 0.15) is 5.69 Å². The van der Waals surface area contributed by atoms with Crippen LogP contribution >= 0.6 is 11.6 Å². The minimum absolute atomic E-state index is 0.143. The molecule has 0 amide bonds. The fourth-order valence-corrected chi connectivity index (χ4v) is 2.60. The second-order valence-electron chi connectivity index (χ2n) is 4.63. The molecule has 20 heavy (non-hydrogen) atoms. The quantitative estimate of drug-likeness (QED) is 0.786. The highest BCUT2D eigenvalue weighted by Gasteiger charge is 2.10. The number of ether oxygens (including phenoxy) is 1. The van der Waals surface area contributed by atoms with Crippen LogP contribution in [0.15, 0.2) is 48.5 Å². The van der Waals surface area contributed by atoms with Gasteiger partial charge in [0.15, 0.2) is 11.5 Å². The molecule has 0 aliphatic heterocycles. The highest BCUT2D eigenvalue weighted by molar-refractivity contribution is 6.35. The first-order valence-corrected chi connectivity index (χ1v) is 6.68. The third-order valence-electron chi connectivity index (χ3n) is 3.35. The SMILES string of the molecule is Cn1c(COc2ccccc2O)cc2cccc(Cl)c21. The first kappa shape index (κ1) is 12.9. The average molecular weight is 288 g/mol. The molecule has 3 nitrogen and oxygen atoms in total. The van der Waals surface area contributed by atoms with Gasteiger partial charge in [0.1, 0.15) is 6.61 Å². The first-order valence-electron chi connectivity index (χ1n) is 6.30. The molecule has 0 fully saturated rings. The number of phenolic OH excluding ortho intramolecular Hbond substituents is 1. The lowest BCUT2D eigenvalue weighted by molar-refractivity contribution is 0.282. The van der Waals surface area contributed by atoms with E-state index in [1.807, 2.05) is 41.9 Å². The van der Waals surface area contributed by atoms with Crippen LogP contribution < -0.4 is 4.74 Å². The topological polar surface area (TPSA) is 34.4 Å². The molecule has 4 heteroatoms. The van der Waals surface area contributed by atoms with E-state index in [2.05, 4.69) is 0 Å². The van der Waals surface area contributed by atoms with Crippen molar-refractivity contribution in [2.75, 3.05) is 0 Å². The number of rotatable bonds is 3. The molecule has 0 aliphatic carbocycles. The summed E-state index contributed by atoms with van der Waals surface area (Å²) in [7, 11) is 1.96. The van der Waals surface area contributed by atoms with Crippen LogP contribution in [0, 0.1) is 0 Å². The van der Waals surface area contributed by atoms with Crippen LogP contribution in [0.2, 0.25) is 5.02 Å². The normalized spacial score (nSPS) is 10.9. The minimum atomic E-state index is 0.143. The van der Waals surface area contributed by atoms with Gasteiger partial charge in [-0.05, 0) is 24.3 Å². The highest BCUT2D eigenvalue weighted by Crippen LogP contribution is 2.28. The summed E-state index contributed by atoms with van der Waals surface area (Å²) < 4.78 is 7.67. The fourth-order valence-electron chi connectivity index (χ4n) is 2.29. The summed E-state index contributed by atoms with van der Waals surface area (Å²) in [5.41, 5.74) is 1.99. The molecule has 2 aromatic carbocycles. The minimum Gasteiger partial charge on any atom is -0.504 e. The van der Waals surface area contributed by atoms with Gasteiger partial charge in [0.05, 0.1) is 16.2 Å².